The Labute approximate surface area is 197 Å². The summed E-state index contributed by atoms with van der Waals surface area (Å²) in [7, 11) is 4.12. The van der Waals surface area contributed by atoms with E-state index in [-0.39, 0.29) is 6.04 Å². The van der Waals surface area contributed by atoms with E-state index >= 15 is 0 Å². The van der Waals surface area contributed by atoms with Gasteiger partial charge in [0.15, 0.2) is 0 Å². The molecule has 3 nitrogen and oxygen atoms in total. The van der Waals surface area contributed by atoms with Gasteiger partial charge in [-0.15, -0.1) is 5.73 Å². The maximum atomic E-state index is 4.07. The highest BCUT2D eigenvalue weighted by atomic mass is 15.1. The first-order chi connectivity index (χ1) is 15.5. The highest BCUT2D eigenvalue weighted by Gasteiger charge is 2.25. The van der Waals surface area contributed by atoms with Crippen LogP contribution in [0.3, 0.4) is 0 Å². The van der Waals surface area contributed by atoms with Gasteiger partial charge in [0.1, 0.15) is 0 Å². The lowest BCUT2D eigenvalue weighted by molar-refractivity contribution is 0.258. The summed E-state index contributed by atoms with van der Waals surface area (Å²) < 4.78 is 0. The molecule has 0 saturated heterocycles. The van der Waals surface area contributed by atoms with Gasteiger partial charge in [0.25, 0.3) is 0 Å². The Morgan fingerprint density at radius 2 is 2.09 bits per heavy atom. The molecule has 0 aromatic heterocycles. The maximum absolute atomic E-state index is 4.07. The van der Waals surface area contributed by atoms with Crippen LogP contribution in [0.4, 0.5) is 0 Å². The normalized spacial score (nSPS) is 19.2. The summed E-state index contributed by atoms with van der Waals surface area (Å²) in [6.07, 6.45) is 13.7. The molecule has 3 unspecified atom stereocenters. The van der Waals surface area contributed by atoms with Crippen molar-refractivity contribution in [2.45, 2.75) is 76.9 Å². The molecule has 0 bridgehead atoms. The molecule has 1 saturated carbocycles. The molecule has 3 heteroatoms. The van der Waals surface area contributed by atoms with Gasteiger partial charge in [0.05, 0.1) is 0 Å². The standard InChI is InChI=1S/C29H45N3/c1-7-12-28(18-15-23(4)30-5)32(6)22-27-21-24(16-17-25(27)9-3)20-26-13-10-11-14-29(26)31-19-8-2/h9,12,16-17,21,26,28-31H,1,3-4,8,10-11,13-15,18-20,22H2,2,5-6H3. The van der Waals surface area contributed by atoms with E-state index in [2.05, 4.69) is 79.2 Å². The molecule has 2 N–H and O–H groups in total. The quantitative estimate of drug-likeness (QED) is 0.347. The van der Waals surface area contributed by atoms with E-state index in [0.29, 0.717) is 6.04 Å². The van der Waals surface area contributed by atoms with Gasteiger partial charge >= 0.3 is 0 Å². The molecule has 0 heterocycles. The molecule has 32 heavy (non-hydrogen) atoms. The van der Waals surface area contributed by atoms with E-state index in [0.717, 1.165) is 44.0 Å². The first-order valence-corrected chi connectivity index (χ1v) is 12.4. The van der Waals surface area contributed by atoms with E-state index < -0.39 is 0 Å². The van der Waals surface area contributed by atoms with Crippen LogP contribution in [-0.2, 0) is 13.0 Å². The Balaban J connectivity index is 2.13. The van der Waals surface area contributed by atoms with E-state index in [1.165, 1.54) is 48.8 Å². The fourth-order valence-electron chi connectivity index (χ4n) is 4.88. The summed E-state index contributed by atoms with van der Waals surface area (Å²) in [6.45, 7) is 16.2. The van der Waals surface area contributed by atoms with Crippen LogP contribution >= 0.6 is 0 Å². The SMILES string of the molecule is C=C=CC(CCC(=C)NC)N(C)Cc1cc(CC2CCCCC2NCCC)ccc1C=C. The van der Waals surface area contributed by atoms with Crippen LogP contribution in [0, 0.1) is 5.92 Å². The molecule has 0 spiro atoms. The number of hydrogen-bond donors (Lipinski definition) is 2. The predicted molar refractivity (Wildman–Crippen MR) is 141 cm³/mol. The molecule has 1 aromatic rings. The summed E-state index contributed by atoms with van der Waals surface area (Å²) in [5.41, 5.74) is 8.09. The van der Waals surface area contributed by atoms with Crippen molar-refractivity contribution >= 4 is 6.08 Å². The number of nitrogens with one attached hydrogen (secondary N) is 2. The molecule has 1 fully saturated rings. The minimum atomic E-state index is 0.278. The van der Waals surface area contributed by atoms with Crippen LogP contribution in [0.15, 0.2) is 55.4 Å². The number of rotatable bonds is 14. The molecule has 2 rings (SSSR count). The minimum absolute atomic E-state index is 0.278. The van der Waals surface area contributed by atoms with Crippen LogP contribution in [0.1, 0.15) is 68.6 Å². The van der Waals surface area contributed by atoms with Gasteiger partial charge in [-0.2, -0.15) is 0 Å². The van der Waals surface area contributed by atoms with E-state index in [1.807, 2.05) is 13.1 Å². The molecule has 1 aliphatic carbocycles. The fourth-order valence-corrected chi connectivity index (χ4v) is 4.88. The molecular formula is C29H45N3. The number of likely N-dealkylation sites (N-methyl/N-ethyl adjacent to an activating group) is 1. The summed E-state index contributed by atoms with van der Waals surface area (Å²) >= 11 is 0. The monoisotopic (exact) mass is 435 g/mol. The average Bonchev–Trinajstić information content (AvgIpc) is 2.81. The lowest BCUT2D eigenvalue weighted by Crippen LogP contribution is -2.39. The zero-order chi connectivity index (χ0) is 23.3. The Hall–Kier alpha value is -2.06. The third kappa shape index (κ3) is 8.13. The summed E-state index contributed by atoms with van der Waals surface area (Å²) in [5, 5.41) is 6.96. The van der Waals surface area contributed by atoms with Crippen LogP contribution in [0.5, 0.6) is 0 Å². The first kappa shape index (κ1) is 26.2. The van der Waals surface area contributed by atoms with E-state index in [1.54, 1.807) is 0 Å². The third-order valence-electron chi connectivity index (χ3n) is 6.88. The molecule has 0 aliphatic heterocycles. The second-order valence-corrected chi connectivity index (χ2v) is 9.29. The van der Waals surface area contributed by atoms with Crippen molar-refractivity contribution in [1.82, 2.24) is 15.5 Å². The molecule has 1 aliphatic rings. The van der Waals surface area contributed by atoms with Crippen LogP contribution in [-0.4, -0.2) is 37.6 Å². The molecule has 3 atom stereocenters. The average molecular weight is 436 g/mol. The lowest BCUT2D eigenvalue weighted by atomic mass is 9.80. The second-order valence-electron chi connectivity index (χ2n) is 9.29. The number of nitrogens with zero attached hydrogens (tertiary/aromatic N) is 1. The lowest BCUT2D eigenvalue weighted by Gasteiger charge is -2.33. The van der Waals surface area contributed by atoms with Gasteiger partial charge in [0, 0.05) is 31.4 Å². The van der Waals surface area contributed by atoms with Crippen LogP contribution in [0.2, 0.25) is 0 Å². The first-order valence-electron chi connectivity index (χ1n) is 12.4. The number of allylic oxidation sites excluding steroid dienone is 1. The van der Waals surface area contributed by atoms with E-state index in [9.17, 15) is 0 Å². The van der Waals surface area contributed by atoms with Crippen molar-refractivity contribution in [2.24, 2.45) is 5.92 Å². The number of benzene rings is 1. The molecule has 1 aromatic carbocycles. The van der Waals surface area contributed by atoms with Crippen molar-refractivity contribution in [3.05, 3.63) is 72.1 Å². The molecule has 176 valence electrons. The predicted octanol–water partition coefficient (Wildman–Crippen LogP) is 6.09. The fraction of sp³-hybridized carbons (Fsp3) is 0.552. The summed E-state index contributed by atoms with van der Waals surface area (Å²) in [5.74, 6) is 0.736. The molecule has 0 radical (unpaired) electrons. The second kappa shape index (κ2) is 14.2. The third-order valence-corrected chi connectivity index (χ3v) is 6.88. The topological polar surface area (TPSA) is 27.3 Å². The van der Waals surface area contributed by atoms with Gasteiger partial charge in [-0.1, -0.05) is 63.8 Å². The van der Waals surface area contributed by atoms with Crippen LogP contribution < -0.4 is 10.6 Å². The zero-order valence-corrected chi connectivity index (χ0v) is 20.8. The summed E-state index contributed by atoms with van der Waals surface area (Å²) in [4.78, 5) is 2.39. The van der Waals surface area contributed by atoms with Gasteiger partial charge in [0.2, 0.25) is 0 Å². The Bertz CT molecular complexity index is 775. The highest BCUT2D eigenvalue weighted by Crippen LogP contribution is 2.29. The molecular weight excluding hydrogens is 390 g/mol. The van der Waals surface area contributed by atoms with Gasteiger partial charge in [-0.25, -0.2) is 0 Å². The van der Waals surface area contributed by atoms with Crippen molar-refractivity contribution in [3.8, 4) is 0 Å². The maximum Gasteiger partial charge on any atom is 0.0356 e. The molecule has 0 amide bonds. The van der Waals surface area contributed by atoms with Gasteiger partial charge in [-0.05, 0) is 80.8 Å². The zero-order valence-electron chi connectivity index (χ0n) is 20.8. The van der Waals surface area contributed by atoms with Crippen molar-refractivity contribution in [2.75, 3.05) is 20.6 Å². The largest absolute Gasteiger partial charge is 0.392 e. The highest BCUT2D eigenvalue weighted by molar-refractivity contribution is 5.53. The van der Waals surface area contributed by atoms with Gasteiger partial charge < -0.3 is 10.6 Å². The Morgan fingerprint density at radius 1 is 1.31 bits per heavy atom. The van der Waals surface area contributed by atoms with Gasteiger partial charge in [-0.3, -0.25) is 4.90 Å². The number of hydrogen-bond acceptors (Lipinski definition) is 3. The van der Waals surface area contributed by atoms with Crippen molar-refractivity contribution in [1.29, 1.82) is 0 Å². The minimum Gasteiger partial charge on any atom is -0.392 e. The van der Waals surface area contributed by atoms with Crippen LogP contribution in [0.25, 0.3) is 6.08 Å². The summed E-state index contributed by atoms with van der Waals surface area (Å²) in [6, 6.07) is 7.92. The smallest absolute Gasteiger partial charge is 0.0356 e. The van der Waals surface area contributed by atoms with E-state index in [4.69, 9.17) is 0 Å². The van der Waals surface area contributed by atoms with Crippen molar-refractivity contribution < 1.29 is 0 Å². The van der Waals surface area contributed by atoms with Crippen molar-refractivity contribution in [3.63, 3.8) is 0 Å². The Kier molecular flexibility index (Phi) is 11.6. The Morgan fingerprint density at radius 3 is 2.78 bits per heavy atom.